The Bertz CT molecular complexity index is 1200. The molecule has 2 aromatic carbocycles. The third-order valence-corrected chi connectivity index (χ3v) is 8.18. The van der Waals surface area contributed by atoms with Crippen molar-refractivity contribution >= 4 is 17.7 Å². The van der Waals surface area contributed by atoms with Gasteiger partial charge in [-0.25, -0.2) is 4.79 Å². The third kappa shape index (κ3) is 8.23. The summed E-state index contributed by atoms with van der Waals surface area (Å²) >= 11 is 0. The van der Waals surface area contributed by atoms with Crippen molar-refractivity contribution in [2.45, 2.75) is 91.2 Å². The fourth-order valence-corrected chi connectivity index (χ4v) is 5.81. The van der Waals surface area contributed by atoms with Gasteiger partial charge in [0.15, 0.2) is 0 Å². The van der Waals surface area contributed by atoms with Crippen LogP contribution < -0.4 is 9.64 Å². The van der Waals surface area contributed by atoms with Crippen LogP contribution in [0.2, 0.25) is 0 Å². The summed E-state index contributed by atoms with van der Waals surface area (Å²) in [6.07, 6.45) is 3.13. The molecule has 1 saturated heterocycles. The molecule has 1 aliphatic heterocycles. The van der Waals surface area contributed by atoms with Gasteiger partial charge in [0.2, 0.25) is 5.91 Å². The van der Waals surface area contributed by atoms with E-state index in [2.05, 4.69) is 30.9 Å². The van der Waals surface area contributed by atoms with Crippen molar-refractivity contribution in [2.24, 2.45) is 5.92 Å². The maximum absolute atomic E-state index is 13.4. The number of aryl methyl sites for hydroxylation is 1. The van der Waals surface area contributed by atoms with Crippen LogP contribution in [-0.2, 0) is 22.7 Å². The zero-order valence-electron chi connectivity index (χ0n) is 25.6. The molecular formula is C33H47N3O5. The summed E-state index contributed by atoms with van der Waals surface area (Å²) in [5.74, 6) is 0.926. The van der Waals surface area contributed by atoms with E-state index in [9.17, 15) is 14.7 Å². The van der Waals surface area contributed by atoms with Crippen molar-refractivity contribution in [1.29, 1.82) is 0 Å². The number of carbonyl (C=O) groups is 2. The van der Waals surface area contributed by atoms with Gasteiger partial charge in [0.05, 0.1) is 12.7 Å². The summed E-state index contributed by atoms with van der Waals surface area (Å²) in [6, 6.07) is 13.9. The number of aliphatic hydroxyl groups is 1. The lowest BCUT2D eigenvalue weighted by Gasteiger charge is -2.40. The number of hydrogen-bond donors (Lipinski definition) is 1. The number of carbonyl (C=O) groups excluding carboxylic acids is 2. The molecule has 224 valence electrons. The lowest BCUT2D eigenvalue weighted by atomic mass is 9.86. The van der Waals surface area contributed by atoms with E-state index in [1.165, 1.54) is 5.56 Å². The van der Waals surface area contributed by atoms with Crippen LogP contribution in [0.3, 0.4) is 0 Å². The molecular weight excluding hydrogens is 518 g/mol. The van der Waals surface area contributed by atoms with Crippen molar-refractivity contribution in [3.8, 4) is 5.75 Å². The molecule has 2 amide bonds. The van der Waals surface area contributed by atoms with Gasteiger partial charge in [-0.2, -0.15) is 0 Å². The second kappa shape index (κ2) is 13.3. The number of nitrogens with zero attached hydrogens (tertiary/aromatic N) is 3. The Balaban J connectivity index is 1.28. The van der Waals surface area contributed by atoms with Gasteiger partial charge in [0.25, 0.3) is 0 Å². The van der Waals surface area contributed by atoms with E-state index in [4.69, 9.17) is 9.47 Å². The molecule has 8 heteroatoms. The molecule has 2 aromatic rings. The van der Waals surface area contributed by atoms with E-state index in [1.54, 1.807) is 4.90 Å². The van der Waals surface area contributed by atoms with Gasteiger partial charge < -0.3 is 24.4 Å². The first-order chi connectivity index (χ1) is 19.4. The number of benzene rings is 2. The molecule has 0 aromatic heterocycles. The Labute approximate surface area is 245 Å². The Morgan fingerprint density at radius 1 is 1.05 bits per heavy atom. The van der Waals surface area contributed by atoms with Crippen LogP contribution in [0.4, 0.5) is 10.5 Å². The lowest BCUT2D eigenvalue weighted by Crippen LogP contribution is -2.54. The number of aliphatic hydroxyl groups excluding tert-OH is 1. The standard InChI is InChI=1S/C33H47N3O5/c1-23-18-28(13-10-27(23)21-35-16-17-36(24(2)20-35)32(39)41-33(3,4)5)34(6)31(38)26-11-14-29(15-12-26)40-30-9-7-8-25(19-30)22-37/h7-10,13,18-19,24,26,29,37H,11-12,14-17,20-22H2,1-6H3/t24-,26?,29?/m0/s1. The maximum Gasteiger partial charge on any atom is 0.410 e. The quantitative estimate of drug-likeness (QED) is 0.476. The lowest BCUT2D eigenvalue weighted by molar-refractivity contribution is -0.123. The van der Waals surface area contributed by atoms with Gasteiger partial charge in [0.1, 0.15) is 11.4 Å². The molecule has 0 unspecified atom stereocenters. The Hall–Kier alpha value is -3.10. The van der Waals surface area contributed by atoms with Crippen LogP contribution in [0, 0.1) is 12.8 Å². The number of ether oxygens (including phenoxy) is 2. The number of anilines is 1. The molecule has 1 aliphatic carbocycles. The second-order valence-electron chi connectivity index (χ2n) is 12.7. The average molecular weight is 566 g/mol. The smallest absolute Gasteiger partial charge is 0.410 e. The summed E-state index contributed by atoms with van der Waals surface area (Å²) in [5, 5.41) is 9.36. The fraction of sp³-hybridized carbons (Fsp3) is 0.576. The van der Waals surface area contributed by atoms with Crippen molar-refractivity contribution < 1.29 is 24.2 Å². The van der Waals surface area contributed by atoms with Gasteiger partial charge >= 0.3 is 6.09 Å². The predicted molar refractivity (Wildman–Crippen MR) is 161 cm³/mol. The van der Waals surface area contributed by atoms with Crippen molar-refractivity contribution in [2.75, 3.05) is 31.6 Å². The van der Waals surface area contributed by atoms with E-state index in [0.717, 1.165) is 67.9 Å². The fourth-order valence-electron chi connectivity index (χ4n) is 5.81. The topological polar surface area (TPSA) is 82.6 Å². The second-order valence-corrected chi connectivity index (χ2v) is 12.7. The van der Waals surface area contributed by atoms with E-state index in [-0.39, 0.29) is 36.7 Å². The molecule has 1 atom stereocenters. The first-order valence-corrected chi connectivity index (χ1v) is 14.9. The van der Waals surface area contributed by atoms with Crippen LogP contribution in [0.25, 0.3) is 0 Å². The van der Waals surface area contributed by atoms with Crippen LogP contribution in [0.15, 0.2) is 42.5 Å². The van der Waals surface area contributed by atoms with Gasteiger partial charge in [-0.3, -0.25) is 9.69 Å². The molecule has 8 nitrogen and oxygen atoms in total. The van der Waals surface area contributed by atoms with Gasteiger partial charge in [-0.05, 0) is 101 Å². The van der Waals surface area contributed by atoms with Crippen LogP contribution in [0.5, 0.6) is 5.75 Å². The highest BCUT2D eigenvalue weighted by atomic mass is 16.6. The highest BCUT2D eigenvalue weighted by molar-refractivity contribution is 5.94. The van der Waals surface area contributed by atoms with E-state index >= 15 is 0 Å². The molecule has 0 bridgehead atoms. The largest absolute Gasteiger partial charge is 0.490 e. The van der Waals surface area contributed by atoms with Crippen molar-refractivity contribution in [1.82, 2.24) is 9.80 Å². The summed E-state index contributed by atoms with van der Waals surface area (Å²) in [7, 11) is 1.87. The number of piperazine rings is 1. The predicted octanol–water partition coefficient (Wildman–Crippen LogP) is 5.53. The highest BCUT2D eigenvalue weighted by Crippen LogP contribution is 2.31. The molecule has 0 radical (unpaired) electrons. The van der Waals surface area contributed by atoms with Crippen molar-refractivity contribution in [3.63, 3.8) is 0 Å². The zero-order valence-corrected chi connectivity index (χ0v) is 25.6. The molecule has 0 spiro atoms. The number of hydrogen-bond acceptors (Lipinski definition) is 6. The minimum Gasteiger partial charge on any atom is -0.490 e. The zero-order chi connectivity index (χ0) is 29.7. The summed E-state index contributed by atoms with van der Waals surface area (Å²) < 4.78 is 11.7. The SMILES string of the molecule is Cc1cc(N(C)C(=O)C2CCC(Oc3cccc(CO)c3)CC2)ccc1CN1CCN(C(=O)OC(C)(C)C)[C@@H](C)C1. The molecule has 2 aliphatic rings. The van der Waals surface area contributed by atoms with E-state index in [1.807, 2.05) is 63.1 Å². The molecule has 1 heterocycles. The van der Waals surface area contributed by atoms with Gasteiger partial charge in [0, 0.05) is 50.9 Å². The van der Waals surface area contributed by atoms with E-state index < -0.39 is 5.60 Å². The minimum absolute atomic E-state index is 0.00270. The first kappa shape index (κ1) is 30.8. The molecule has 2 fully saturated rings. The van der Waals surface area contributed by atoms with Crippen LogP contribution in [-0.4, -0.2) is 71.3 Å². The van der Waals surface area contributed by atoms with Crippen LogP contribution >= 0.6 is 0 Å². The monoisotopic (exact) mass is 565 g/mol. The minimum atomic E-state index is -0.497. The van der Waals surface area contributed by atoms with Gasteiger partial charge in [-0.15, -0.1) is 0 Å². The van der Waals surface area contributed by atoms with Crippen molar-refractivity contribution in [3.05, 3.63) is 59.2 Å². The normalized spacial score (nSPS) is 21.8. The average Bonchev–Trinajstić information content (AvgIpc) is 2.93. The Kier molecular flexibility index (Phi) is 9.97. The summed E-state index contributed by atoms with van der Waals surface area (Å²) in [4.78, 5) is 31.9. The molecule has 1 N–H and O–H groups in total. The number of amides is 2. The Morgan fingerprint density at radius 3 is 2.41 bits per heavy atom. The third-order valence-electron chi connectivity index (χ3n) is 8.18. The van der Waals surface area contributed by atoms with E-state index in [0.29, 0.717) is 6.54 Å². The van der Waals surface area contributed by atoms with Crippen LogP contribution in [0.1, 0.15) is 70.1 Å². The molecule has 41 heavy (non-hydrogen) atoms. The highest BCUT2D eigenvalue weighted by Gasteiger charge is 2.32. The van der Waals surface area contributed by atoms with Gasteiger partial charge in [-0.1, -0.05) is 18.2 Å². The summed E-state index contributed by atoms with van der Waals surface area (Å²) in [5.41, 5.74) is 3.65. The Morgan fingerprint density at radius 2 is 1.78 bits per heavy atom. The maximum atomic E-state index is 13.4. The first-order valence-electron chi connectivity index (χ1n) is 14.9. The molecule has 1 saturated carbocycles. The molecule has 4 rings (SSSR count). The number of rotatable bonds is 7. The summed E-state index contributed by atoms with van der Waals surface area (Å²) in [6.45, 7) is 12.9.